The second-order valence-corrected chi connectivity index (χ2v) is 9.72. The maximum atomic E-state index is 13.4. The second-order valence-electron chi connectivity index (χ2n) is 8.84. The molecule has 0 radical (unpaired) electrons. The number of halogens is 2. The lowest BCUT2D eigenvalue weighted by Crippen LogP contribution is -2.33. The highest BCUT2D eigenvalue weighted by molar-refractivity contribution is 6.31. The number of carbonyl (C=O) groups excluding carboxylic acids is 1. The number of nitrogens with two attached hydrogens (primary N) is 1. The lowest BCUT2D eigenvalue weighted by molar-refractivity contribution is -0.118. The van der Waals surface area contributed by atoms with Crippen molar-refractivity contribution < 1.29 is 4.79 Å². The van der Waals surface area contributed by atoms with Gasteiger partial charge in [-0.15, -0.1) is 5.10 Å². The number of amides is 1. The molecule has 8 nitrogen and oxygen atoms in total. The first kappa shape index (κ1) is 24.8. The maximum absolute atomic E-state index is 13.4. The summed E-state index contributed by atoms with van der Waals surface area (Å²) >= 11 is 12.2. The molecule has 0 saturated carbocycles. The standard InChI is InChI=1S/C27H24Cl2N6O2/c1-17(18-7-11-21(28)12-8-18)35-27(37)33(16-24(30)36)26(32-35)34-15-23(19-5-3-2-4-6-19)25(31-34)20-9-13-22(29)14-10-20/h2-14,17,23H,15-16H2,1H3,(H2,30,36)/t17-,23+/m1/s1. The molecule has 37 heavy (non-hydrogen) atoms. The SMILES string of the molecule is C[C@H](c1ccc(Cl)cc1)n1nc(N2C[C@@H](c3ccccc3)C(c3ccc(Cl)cc3)=N2)n(CC(N)=O)c1=O. The molecular formula is C27H24Cl2N6O2. The lowest BCUT2D eigenvalue weighted by atomic mass is 9.91. The van der Waals surface area contributed by atoms with Crippen LogP contribution in [0.4, 0.5) is 5.95 Å². The van der Waals surface area contributed by atoms with E-state index in [9.17, 15) is 9.59 Å². The fourth-order valence-corrected chi connectivity index (χ4v) is 4.73. The Morgan fingerprint density at radius 3 is 2.24 bits per heavy atom. The molecule has 1 aliphatic heterocycles. The summed E-state index contributed by atoms with van der Waals surface area (Å²) in [5, 5.41) is 12.4. The fourth-order valence-electron chi connectivity index (χ4n) is 4.48. The molecule has 3 aromatic carbocycles. The third-order valence-corrected chi connectivity index (χ3v) is 6.89. The Labute approximate surface area is 223 Å². The highest BCUT2D eigenvalue weighted by atomic mass is 35.5. The minimum atomic E-state index is -0.650. The van der Waals surface area contributed by atoms with Gasteiger partial charge in [-0.1, -0.05) is 77.8 Å². The third-order valence-electron chi connectivity index (χ3n) is 6.39. The Balaban J connectivity index is 1.60. The predicted octanol–water partition coefficient (Wildman–Crippen LogP) is 4.45. The van der Waals surface area contributed by atoms with Crippen LogP contribution in [0.15, 0.2) is 88.8 Å². The summed E-state index contributed by atoms with van der Waals surface area (Å²) in [5.41, 5.74) is 8.67. The van der Waals surface area contributed by atoms with E-state index in [4.69, 9.17) is 34.0 Å². The van der Waals surface area contributed by atoms with E-state index in [1.807, 2.05) is 73.7 Å². The molecule has 2 atom stereocenters. The van der Waals surface area contributed by atoms with Crippen molar-refractivity contribution in [1.82, 2.24) is 14.3 Å². The van der Waals surface area contributed by atoms with Crippen molar-refractivity contribution in [2.75, 3.05) is 11.6 Å². The van der Waals surface area contributed by atoms with Crippen molar-refractivity contribution in [2.45, 2.75) is 25.4 Å². The van der Waals surface area contributed by atoms with Gasteiger partial charge in [0, 0.05) is 16.0 Å². The van der Waals surface area contributed by atoms with Gasteiger partial charge in [-0.3, -0.25) is 9.36 Å². The molecular weight excluding hydrogens is 511 g/mol. The van der Waals surface area contributed by atoms with Crippen LogP contribution in [-0.4, -0.2) is 32.5 Å². The van der Waals surface area contributed by atoms with E-state index in [0.717, 1.165) is 22.4 Å². The summed E-state index contributed by atoms with van der Waals surface area (Å²) in [5.74, 6) is -0.504. The highest BCUT2D eigenvalue weighted by Gasteiger charge is 2.33. The summed E-state index contributed by atoms with van der Waals surface area (Å²) in [7, 11) is 0. The van der Waals surface area contributed by atoms with Crippen molar-refractivity contribution >= 4 is 40.8 Å². The van der Waals surface area contributed by atoms with Crippen LogP contribution in [0.5, 0.6) is 0 Å². The van der Waals surface area contributed by atoms with Crippen LogP contribution in [0.1, 0.15) is 35.6 Å². The van der Waals surface area contributed by atoms with Crippen LogP contribution in [0.3, 0.4) is 0 Å². The van der Waals surface area contributed by atoms with Gasteiger partial charge >= 0.3 is 5.69 Å². The zero-order valence-corrected chi connectivity index (χ0v) is 21.5. The number of aromatic nitrogens is 3. The molecule has 0 bridgehead atoms. The monoisotopic (exact) mass is 534 g/mol. The number of anilines is 1. The molecule has 4 aromatic rings. The number of hydrazone groups is 1. The fraction of sp³-hybridized carbons (Fsp3) is 0.185. The number of nitrogens with zero attached hydrogens (tertiary/aromatic N) is 5. The molecule has 1 aromatic heterocycles. The van der Waals surface area contributed by atoms with E-state index < -0.39 is 17.6 Å². The Kier molecular flexibility index (Phi) is 6.86. The minimum Gasteiger partial charge on any atom is -0.368 e. The van der Waals surface area contributed by atoms with Gasteiger partial charge in [0.05, 0.1) is 18.3 Å². The summed E-state index contributed by atoms with van der Waals surface area (Å²) in [6, 6.07) is 24.2. The van der Waals surface area contributed by atoms with Crippen molar-refractivity contribution in [3.8, 4) is 0 Å². The molecule has 2 N–H and O–H groups in total. The first-order valence-corrected chi connectivity index (χ1v) is 12.5. The second kappa shape index (κ2) is 10.2. The van der Waals surface area contributed by atoms with E-state index in [2.05, 4.69) is 5.10 Å². The summed E-state index contributed by atoms with van der Waals surface area (Å²) in [6.07, 6.45) is 0. The van der Waals surface area contributed by atoms with Crippen LogP contribution in [0, 0.1) is 0 Å². The van der Waals surface area contributed by atoms with Crippen molar-refractivity contribution in [2.24, 2.45) is 10.8 Å². The number of primary amides is 1. The first-order valence-electron chi connectivity index (χ1n) is 11.7. The molecule has 188 valence electrons. The van der Waals surface area contributed by atoms with E-state index in [0.29, 0.717) is 16.6 Å². The number of hydrogen-bond acceptors (Lipinski definition) is 5. The predicted molar refractivity (Wildman–Crippen MR) is 145 cm³/mol. The van der Waals surface area contributed by atoms with Gasteiger partial charge in [0.1, 0.15) is 6.54 Å². The molecule has 2 heterocycles. The molecule has 0 fully saturated rings. The molecule has 1 aliphatic rings. The molecule has 10 heteroatoms. The summed E-state index contributed by atoms with van der Waals surface area (Å²) in [4.78, 5) is 25.4. The quantitative estimate of drug-likeness (QED) is 0.378. The zero-order valence-electron chi connectivity index (χ0n) is 20.0. The Hall–Kier alpha value is -3.88. The van der Waals surface area contributed by atoms with E-state index >= 15 is 0 Å². The van der Waals surface area contributed by atoms with Crippen LogP contribution in [-0.2, 0) is 11.3 Å². The molecule has 1 amide bonds. The number of benzene rings is 3. The van der Waals surface area contributed by atoms with Crippen molar-refractivity contribution in [3.63, 3.8) is 0 Å². The number of carbonyl (C=O) groups is 1. The Bertz CT molecular complexity index is 1510. The average Bonchev–Trinajstić information content (AvgIpc) is 3.47. The van der Waals surface area contributed by atoms with E-state index in [-0.39, 0.29) is 18.4 Å². The molecule has 0 saturated heterocycles. The minimum absolute atomic E-state index is 0.0988. The number of rotatable bonds is 7. The Morgan fingerprint density at radius 1 is 1.00 bits per heavy atom. The first-order chi connectivity index (χ1) is 17.8. The van der Waals surface area contributed by atoms with Crippen LogP contribution >= 0.6 is 23.2 Å². The van der Waals surface area contributed by atoms with Crippen molar-refractivity contribution in [1.29, 1.82) is 0 Å². The van der Waals surface area contributed by atoms with Gasteiger partial charge in [-0.25, -0.2) is 14.5 Å². The van der Waals surface area contributed by atoms with Gasteiger partial charge in [-0.05, 0) is 47.9 Å². The molecule has 0 unspecified atom stereocenters. The van der Waals surface area contributed by atoms with E-state index in [1.54, 1.807) is 17.1 Å². The lowest BCUT2D eigenvalue weighted by Gasteiger charge is -2.16. The third kappa shape index (κ3) is 5.03. The highest BCUT2D eigenvalue weighted by Crippen LogP contribution is 2.32. The summed E-state index contributed by atoms with van der Waals surface area (Å²) in [6.45, 7) is 1.96. The molecule has 0 spiro atoms. The smallest absolute Gasteiger partial charge is 0.348 e. The molecule has 0 aliphatic carbocycles. The maximum Gasteiger partial charge on any atom is 0.348 e. The van der Waals surface area contributed by atoms with Crippen molar-refractivity contribution in [3.05, 3.63) is 116 Å². The van der Waals surface area contributed by atoms with Gasteiger partial charge in [-0.2, -0.15) is 5.10 Å². The van der Waals surface area contributed by atoms with Gasteiger partial charge in [0.2, 0.25) is 11.9 Å². The van der Waals surface area contributed by atoms with E-state index in [1.165, 1.54) is 9.25 Å². The normalized spacial score (nSPS) is 16.0. The van der Waals surface area contributed by atoms with Crippen LogP contribution in [0.25, 0.3) is 0 Å². The van der Waals surface area contributed by atoms with Gasteiger partial charge in [0.15, 0.2) is 0 Å². The largest absolute Gasteiger partial charge is 0.368 e. The zero-order chi connectivity index (χ0) is 26.1. The topological polar surface area (TPSA) is 98.5 Å². The van der Waals surface area contributed by atoms with Gasteiger partial charge in [0.25, 0.3) is 0 Å². The number of hydrogen-bond donors (Lipinski definition) is 1. The van der Waals surface area contributed by atoms with Gasteiger partial charge < -0.3 is 5.73 Å². The Morgan fingerprint density at radius 2 is 1.62 bits per heavy atom. The van der Waals surface area contributed by atoms with Crippen LogP contribution in [0.2, 0.25) is 10.0 Å². The average molecular weight is 535 g/mol. The molecule has 5 rings (SSSR count). The van der Waals surface area contributed by atoms with Crippen LogP contribution < -0.4 is 16.4 Å². The summed E-state index contributed by atoms with van der Waals surface area (Å²) < 4.78 is 2.61.